The van der Waals surface area contributed by atoms with E-state index in [-0.39, 0.29) is 5.78 Å². The first-order valence-electron chi connectivity index (χ1n) is 7.46. The van der Waals surface area contributed by atoms with Crippen molar-refractivity contribution in [3.05, 3.63) is 48.0 Å². The summed E-state index contributed by atoms with van der Waals surface area (Å²) in [5.74, 6) is 1.21. The van der Waals surface area contributed by atoms with Gasteiger partial charge in [-0.2, -0.15) is 0 Å². The lowest BCUT2D eigenvalue weighted by Crippen LogP contribution is -2.30. The Balaban J connectivity index is 2.11. The van der Waals surface area contributed by atoms with Crippen molar-refractivity contribution in [2.24, 2.45) is 7.05 Å². The Morgan fingerprint density at radius 1 is 1.19 bits per heavy atom. The van der Waals surface area contributed by atoms with E-state index in [0.717, 1.165) is 24.5 Å². The lowest BCUT2D eigenvalue weighted by Gasteiger charge is -2.20. The second-order valence-electron chi connectivity index (χ2n) is 5.23. The smallest absolute Gasteiger partial charge is 0.253 e. The molecular weight excluding hydrogens is 262 g/mol. The zero-order chi connectivity index (χ0) is 15.4. The molecule has 0 fully saturated rings. The fourth-order valence-electron chi connectivity index (χ4n) is 2.46. The Labute approximate surface area is 126 Å². The van der Waals surface area contributed by atoms with Crippen molar-refractivity contribution in [1.29, 1.82) is 0 Å². The molecule has 0 N–H and O–H groups in total. The second-order valence-corrected chi connectivity index (χ2v) is 5.23. The Hall–Kier alpha value is -2.10. The molecule has 0 atom stereocenters. The maximum atomic E-state index is 12.4. The number of rotatable bonds is 6. The molecule has 2 aromatic rings. The van der Waals surface area contributed by atoms with Crippen LogP contribution in [0.2, 0.25) is 0 Å². The third-order valence-corrected chi connectivity index (χ3v) is 4.03. The predicted molar refractivity (Wildman–Crippen MR) is 84.7 cm³/mol. The van der Waals surface area contributed by atoms with Crippen molar-refractivity contribution in [3.8, 4) is 0 Å². The number of aryl methyl sites for hydroxylation is 1. The fraction of sp³-hybridized carbons (Fsp3) is 0.412. The van der Waals surface area contributed by atoms with Crippen LogP contribution in [-0.2, 0) is 13.6 Å². The first kappa shape index (κ1) is 15.3. The average molecular weight is 286 g/mol. The van der Waals surface area contributed by atoms with Crippen LogP contribution in [0.15, 0.2) is 36.7 Å². The summed E-state index contributed by atoms with van der Waals surface area (Å²) in [7, 11) is 1.98. The van der Waals surface area contributed by atoms with E-state index in [2.05, 4.69) is 18.7 Å². The maximum Gasteiger partial charge on any atom is 0.253 e. The quantitative estimate of drug-likeness (QED) is 0.602. The van der Waals surface area contributed by atoms with Crippen LogP contribution in [0.1, 0.15) is 30.0 Å². The molecule has 0 spiro atoms. The van der Waals surface area contributed by atoms with Gasteiger partial charge >= 0.3 is 0 Å². The van der Waals surface area contributed by atoms with Crippen molar-refractivity contribution in [3.63, 3.8) is 0 Å². The fourth-order valence-corrected chi connectivity index (χ4v) is 2.46. The highest BCUT2D eigenvalue weighted by Crippen LogP contribution is 2.15. The van der Waals surface area contributed by atoms with Crippen LogP contribution in [0, 0.1) is 6.92 Å². The molecule has 1 aromatic heterocycles. The van der Waals surface area contributed by atoms with Gasteiger partial charge in [-0.25, -0.2) is 9.13 Å². The molecule has 0 saturated heterocycles. The van der Waals surface area contributed by atoms with Gasteiger partial charge in [-0.05, 0) is 38.1 Å². The highest BCUT2D eigenvalue weighted by Gasteiger charge is 2.15. The van der Waals surface area contributed by atoms with Crippen LogP contribution in [0.5, 0.6) is 0 Å². The minimum absolute atomic E-state index is 0.139. The minimum atomic E-state index is 0.139. The summed E-state index contributed by atoms with van der Waals surface area (Å²) in [6.45, 7) is 8.62. The average Bonchev–Trinajstić information content (AvgIpc) is 2.81. The topological polar surface area (TPSA) is 29.1 Å². The zero-order valence-electron chi connectivity index (χ0n) is 13.3. The van der Waals surface area contributed by atoms with E-state index in [0.29, 0.717) is 6.54 Å². The zero-order valence-corrected chi connectivity index (χ0v) is 13.3. The normalized spacial score (nSPS) is 10.7. The molecule has 0 radical (unpaired) electrons. The number of carbonyl (C=O) groups is 1. The van der Waals surface area contributed by atoms with Crippen molar-refractivity contribution in [2.75, 3.05) is 18.0 Å². The summed E-state index contributed by atoms with van der Waals surface area (Å²) in [4.78, 5) is 14.6. The van der Waals surface area contributed by atoms with E-state index >= 15 is 0 Å². The van der Waals surface area contributed by atoms with Crippen molar-refractivity contribution in [1.82, 2.24) is 4.57 Å². The summed E-state index contributed by atoms with van der Waals surface area (Å²) < 4.78 is 3.98. The Kier molecular flexibility index (Phi) is 4.78. The van der Waals surface area contributed by atoms with Gasteiger partial charge < -0.3 is 4.90 Å². The third kappa shape index (κ3) is 3.32. The lowest BCUT2D eigenvalue weighted by atomic mass is 10.1. The van der Waals surface area contributed by atoms with Crippen LogP contribution >= 0.6 is 0 Å². The van der Waals surface area contributed by atoms with Crippen LogP contribution in [-0.4, -0.2) is 23.4 Å². The number of hydrogen-bond acceptors (Lipinski definition) is 2. The number of ketones is 1. The molecule has 1 heterocycles. The van der Waals surface area contributed by atoms with E-state index < -0.39 is 0 Å². The van der Waals surface area contributed by atoms with Gasteiger partial charge in [-0.1, -0.05) is 0 Å². The molecule has 0 aliphatic carbocycles. The summed E-state index contributed by atoms with van der Waals surface area (Å²) in [6.07, 6.45) is 3.91. The summed E-state index contributed by atoms with van der Waals surface area (Å²) >= 11 is 0. The van der Waals surface area contributed by atoms with Crippen LogP contribution in [0.25, 0.3) is 0 Å². The van der Waals surface area contributed by atoms with E-state index in [4.69, 9.17) is 0 Å². The number of carbonyl (C=O) groups excluding carboxylic acids is 1. The van der Waals surface area contributed by atoms with Gasteiger partial charge in [0.05, 0.1) is 7.05 Å². The van der Waals surface area contributed by atoms with Crippen LogP contribution in [0.4, 0.5) is 5.69 Å². The molecule has 0 aliphatic heterocycles. The van der Waals surface area contributed by atoms with Crippen molar-refractivity contribution in [2.45, 2.75) is 27.3 Å². The summed E-state index contributed by atoms with van der Waals surface area (Å²) in [5, 5.41) is 0. The number of nitrogens with zero attached hydrogens (tertiary/aromatic N) is 3. The molecule has 21 heavy (non-hydrogen) atoms. The molecule has 0 bridgehead atoms. The van der Waals surface area contributed by atoms with Gasteiger partial charge in [0.2, 0.25) is 5.78 Å². The number of benzene rings is 1. The number of hydrogen-bond donors (Lipinski definition) is 0. The van der Waals surface area contributed by atoms with Gasteiger partial charge in [-0.3, -0.25) is 4.79 Å². The molecule has 0 unspecified atom stereocenters. The monoisotopic (exact) mass is 286 g/mol. The molecule has 0 amide bonds. The molecule has 0 saturated carbocycles. The molecular formula is C17H24N3O+. The molecule has 4 nitrogen and oxygen atoms in total. The van der Waals surface area contributed by atoms with E-state index in [1.54, 1.807) is 0 Å². The Morgan fingerprint density at radius 2 is 1.81 bits per heavy atom. The van der Waals surface area contributed by atoms with Crippen molar-refractivity contribution >= 4 is 11.5 Å². The number of Topliss-reactive ketones (excluding diaryl/α,β-unsaturated/α-hetero) is 1. The summed E-state index contributed by atoms with van der Waals surface area (Å²) in [5.41, 5.74) is 1.93. The number of anilines is 1. The van der Waals surface area contributed by atoms with Gasteiger partial charge in [0.1, 0.15) is 12.4 Å². The van der Waals surface area contributed by atoms with Gasteiger partial charge in [0.15, 0.2) is 6.54 Å². The van der Waals surface area contributed by atoms with Crippen molar-refractivity contribution < 1.29 is 9.36 Å². The van der Waals surface area contributed by atoms with Crippen LogP contribution < -0.4 is 9.47 Å². The SMILES string of the molecule is CCN(CC)c1ccc(C(=O)Cn2cc[n+](C)c2C)cc1. The minimum Gasteiger partial charge on any atom is -0.372 e. The van der Waals surface area contributed by atoms with Gasteiger partial charge in [0, 0.05) is 31.3 Å². The first-order chi connectivity index (χ1) is 10.1. The first-order valence-corrected chi connectivity index (χ1v) is 7.46. The number of aromatic nitrogens is 2. The van der Waals surface area contributed by atoms with Gasteiger partial charge in [0.25, 0.3) is 5.82 Å². The summed E-state index contributed by atoms with van der Waals surface area (Å²) in [6, 6.07) is 7.91. The largest absolute Gasteiger partial charge is 0.372 e. The van der Waals surface area contributed by atoms with E-state index in [9.17, 15) is 4.79 Å². The maximum absolute atomic E-state index is 12.4. The van der Waals surface area contributed by atoms with E-state index in [1.807, 2.05) is 59.8 Å². The molecule has 0 aliphatic rings. The van der Waals surface area contributed by atoms with Crippen LogP contribution in [0.3, 0.4) is 0 Å². The Bertz CT molecular complexity index is 609. The Morgan fingerprint density at radius 3 is 2.29 bits per heavy atom. The molecule has 1 aromatic carbocycles. The standard InChI is InChI=1S/C17H24N3O/c1-5-19(6-2)16-9-7-15(8-10-16)17(21)13-20-12-11-18(4)14(20)3/h7-12H,5-6,13H2,1-4H3/q+1. The van der Waals surface area contributed by atoms with Gasteiger partial charge in [-0.15, -0.1) is 0 Å². The third-order valence-electron chi connectivity index (χ3n) is 4.03. The molecule has 4 heteroatoms. The number of imidazole rings is 1. The van der Waals surface area contributed by atoms with E-state index in [1.165, 1.54) is 5.69 Å². The highest BCUT2D eigenvalue weighted by molar-refractivity contribution is 5.96. The predicted octanol–water partition coefficient (Wildman–Crippen LogP) is 2.35. The highest BCUT2D eigenvalue weighted by atomic mass is 16.1. The lowest BCUT2D eigenvalue weighted by molar-refractivity contribution is -0.677. The molecule has 112 valence electrons. The second kappa shape index (κ2) is 6.57. The molecule has 2 rings (SSSR count).